The topological polar surface area (TPSA) is 68.3 Å². The van der Waals surface area contributed by atoms with Gasteiger partial charge in [-0.3, -0.25) is 9.59 Å². The van der Waals surface area contributed by atoms with Crippen molar-refractivity contribution in [1.82, 2.24) is 9.80 Å². The Morgan fingerprint density at radius 3 is 2.57 bits per heavy atom. The van der Waals surface area contributed by atoms with Gasteiger partial charge in [0, 0.05) is 25.2 Å². The summed E-state index contributed by atoms with van der Waals surface area (Å²) in [6, 6.07) is 9.00. The van der Waals surface area contributed by atoms with Gasteiger partial charge in [0.05, 0.1) is 30.3 Å². The summed E-state index contributed by atoms with van der Waals surface area (Å²) in [5, 5.41) is 0.0492. The molecular formula is C27H29ClF2N2O5. The molecule has 7 nitrogen and oxygen atoms in total. The first-order chi connectivity index (χ1) is 17.8. The van der Waals surface area contributed by atoms with Gasteiger partial charge in [-0.25, -0.2) is 0 Å². The van der Waals surface area contributed by atoms with E-state index in [4.69, 9.17) is 21.1 Å². The van der Waals surface area contributed by atoms with Gasteiger partial charge in [0.15, 0.2) is 11.5 Å². The van der Waals surface area contributed by atoms with Crippen LogP contribution in [-0.2, 0) is 0 Å². The summed E-state index contributed by atoms with van der Waals surface area (Å²) in [7, 11) is 1.57. The number of hydrogen-bond donors (Lipinski definition) is 0. The molecule has 0 N–H and O–H groups in total. The number of carbonyl (C=O) groups is 2. The van der Waals surface area contributed by atoms with Gasteiger partial charge in [0.25, 0.3) is 11.8 Å². The van der Waals surface area contributed by atoms with Gasteiger partial charge in [-0.1, -0.05) is 11.6 Å². The molecule has 2 aliphatic heterocycles. The second-order valence-corrected chi connectivity index (χ2v) is 10.2. The van der Waals surface area contributed by atoms with Crippen molar-refractivity contribution in [3.05, 3.63) is 52.5 Å². The molecule has 2 aromatic rings. The molecule has 0 bridgehead atoms. The lowest BCUT2D eigenvalue weighted by molar-refractivity contribution is -0.0498. The third-order valence-corrected chi connectivity index (χ3v) is 7.62. The standard InChI is InChI=1S/C27H29ClF2N2O5/c1-35-23-9-6-17(11-24(23)36-15-16-4-5-16)25(33)31-13-18-3-2-10-32(22(18)14-31)26(34)20-8-7-19(12-21(20)28)37-27(29)30/h6-9,11-12,16,18,22,27H,2-5,10,13-15H2,1H3/t18-,22+/m1/s1. The molecule has 0 radical (unpaired) electrons. The molecule has 3 aliphatic rings. The summed E-state index contributed by atoms with van der Waals surface area (Å²) >= 11 is 6.26. The lowest BCUT2D eigenvalue weighted by Gasteiger charge is -2.37. The van der Waals surface area contributed by atoms with Crippen LogP contribution in [0.5, 0.6) is 17.2 Å². The van der Waals surface area contributed by atoms with E-state index in [9.17, 15) is 18.4 Å². The molecule has 2 heterocycles. The lowest BCUT2D eigenvalue weighted by Crippen LogP contribution is -2.48. The minimum Gasteiger partial charge on any atom is -0.493 e. The van der Waals surface area contributed by atoms with E-state index in [-0.39, 0.29) is 40.1 Å². The van der Waals surface area contributed by atoms with E-state index >= 15 is 0 Å². The quantitative estimate of drug-likeness (QED) is 0.470. The Bertz CT molecular complexity index is 1180. The molecule has 0 spiro atoms. The van der Waals surface area contributed by atoms with E-state index in [1.165, 1.54) is 18.2 Å². The fourth-order valence-electron chi connectivity index (χ4n) is 5.20. The molecule has 10 heteroatoms. The van der Waals surface area contributed by atoms with Crippen molar-refractivity contribution < 1.29 is 32.6 Å². The number of methoxy groups -OCH3 is 1. The number of nitrogens with zero attached hydrogens (tertiary/aromatic N) is 2. The van der Waals surface area contributed by atoms with Gasteiger partial charge >= 0.3 is 6.61 Å². The van der Waals surface area contributed by atoms with Crippen molar-refractivity contribution in [1.29, 1.82) is 0 Å². The Kier molecular flexibility index (Phi) is 7.42. The van der Waals surface area contributed by atoms with Crippen molar-refractivity contribution >= 4 is 23.4 Å². The highest BCUT2D eigenvalue weighted by Crippen LogP contribution is 2.36. The summed E-state index contributed by atoms with van der Waals surface area (Å²) in [5.74, 6) is 1.35. The van der Waals surface area contributed by atoms with Crippen LogP contribution in [0.15, 0.2) is 36.4 Å². The third-order valence-electron chi connectivity index (χ3n) is 7.31. The van der Waals surface area contributed by atoms with Gasteiger partial charge in [-0.05, 0) is 73.9 Å². The van der Waals surface area contributed by atoms with Crippen LogP contribution in [0.3, 0.4) is 0 Å². The van der Waals surface area contributed by atoms with Crippen LogP contribution in [0.1, 0.15) is 46.4 Å². The average molecular weight is 535 g/mol. The Labute approximate surface area is 219 Å². The lowest BCUT2D eigenvalue weighted by atomic mass is 9.91. The number of benzene rings is 2. The molecule has 1 aliphatic carbocycles. The number of carbonyl (C=O) groups excluding carboxylic acids is 2. The molecule has 2 atom stereocenters. The van der Waals surface area contributed by atoms with Crippen LogP contribution in [0.2, 0.25) is 5.02 Å². The summed E-state index contributed by atoms with van der Waals surface area (Å²) in [4.78, 5) is 30.4. The fourth-order valence-corrected chi connectivity index (χ4v) is 5.45. The SMILES string of the molecule is COc1ccc(C(=O)N2C[C@H]3CCCN(C(=O)c4ccc(OC(F)F)cc4Cl)[C@H]3C2)cc1OCC1CC1. The molecule has 0 aromatic heterocycles. The third kappa shape index (κ3) is 5.61. The molecule has 2 saturated heterocycles. The highest BCUT2D eigenvalue weighted by atomic mass is 35.5. The number of rotatable bonds is 8. The Morgan fingerprint density at radius 1 is 1.05 bits per heavy atom. The van der Waals surface area contributed by atoms with E-state index in [0.29, 0.717) is 49.2 Å². The number of amides is 2. The van der Waals surface area contributed by atoms with E-state index < -0.39 is 6.61 Å². The second-order valence-electron chi connectivity index (χ2n) is 9.82. The molecule has 1 saturated carbocycles. The van der Waals surface area contributed by atoms with E-state index in [2.05, 4.69) is 4.74 Å². The zero-order valence-corrected chi connectivity index (χ0v) is 21.3. The zero-order chi connectivity index (χ0) is 26.1. The van der Waals surface area contributed by atoms with Gasteiger partial charge in [0.2, 0.25) is 0 Å². The van der Waals surface area contributed by atoms with Gasteiger partial charge in [-0.15, -0.1) is 0 Å². The Morgan fingerprint density at radius 2 is 1.86 bits per heavy atom. The molecular weight excluding hydrogens is 506 g/mol. The molecule has 5 rings (SSSR count). The first kappa shape index (κ1) is 25.6. The summed E-state index contributed by atoms with van der Waals surface area (Å²) in [6.45, 7) is -0.878. The van der Waals surface area contributed by atoms with Crippen LogP contribution in [-0.4, -0.2) is 67.6 Å². The van der Waals surface area contributed by atoms with Crippen molar-refractivity contribution in [2.75, 3.05) is 33.4 Å². The van der Waals surface area contributed by atoms with Crippen LogP contribution in [0.25, 0.3) is 0 Å². The van der Waals surface area contributed by atoms with Crippen LogP contribution >= 0.6 is 11.6 Å². The molecule has 0 unspecified atom stereocenters. The number of halogens is 3. The number of likely N-dealkylation sites (tertiary alicyclic amines) is 2. The highest BCUT2D eigenvalue weighted by molar-refractivity contribution is 6.34. The van der Waals surface area contributed by atoms with Crippen molar-refractivity contribution in [2.24, 2.45) is 11.8 Å². The maximum atomic E-state index is 13.4. The zero-order valence-electron chi connectivity index (χ0n) is 20.5. The second kappa shape index (κ2) is 10.7. The maximum Gasteiger partial charge on any atom is 0.387 e. The van der Waals surface area contributed by atoms with Crippen molar-refractivity contribution in [2.45, 2.75) is 38.3 Å². The normalized spacial score (nSPS) is 21.1. The fraction of sp³-hybridized carbons (Fsp3) is 0.481. The monoisotopic (exact) mass is 534 g/mol. The van der Waals surface area contributed by atoms with E-state index in [1.54, 1.807) is 35.1 Å². The van der Waals surface area contributed by atoms with Gasteiger partial charge in [-0.2, -0.15) is 8.78 Å². The van der Waals surface area contributed by atoms with E-state index in [1.807, 2.05) is 0 Å². The maximum absolute atomic E-state index is 13.4. The Balaban J connectivity index is 1.30. The molecule has 3 fully saturated rings. The predicted octanol–water partition coefficient (Wildman–Crippen LogP) is 5.12. The average Bonchev–Trinajstić information content (AvgIpc) is 3.61. The molecule has 37 heavy (non-hydrogen) atoms. The minimum absolute atomic E-state index is 0.0492. The number of fused-ring (bicyclic) bond motifs is 1. The molecule has 2 amide bonds. The summed E-state index contributed by atoms with van der Waals surface area (Å²) in [5.41, 5.74) is 0.738. The Hall–Kier alpha value is -3.07. The van der Waals surface area contributed by atoms with Crippen LogP contribution in [0, 0.1) is 11.8 Å². The van der Waals surface area contributed by atoms with Crippen LogP contribution < -0.4 is 14.2 Å². The van der Waals surface area contributed by atoms with Crippen molar-refractivity contribution in [3.63, 3.8) is 0 Å². The smallest absolute Gasteiger partial charge is 0.387 e. The number of alkyl halides is 2. The minimum atomic E-state index is -2.98. The predicted molar refractivity (Wildman–Crippen MR) is 133 cm³/mol. The van der Waals surface area contributed by atoms with E-state index in [0.717, 1.165) is 25.7 Å². The first-order valence-electron chi connectivity index (χ1n) is 12.5. The summed E-state index contributed by atoms with van der Waals surface area (Å²) < 4.78 is 40.7. The number of piperidine rings is 1. The number of hydrogen-bond acceptors (Lipinski definition) is 5. The first-order valence-corrected chi connectivity index (χ1v) is 12.9. The molecule has 2 aromatic carbocycles. The van der Waals surface area contributed by atoms with Crippen LogP contribution in [0.4, 0.5) is 8.78 Å². The van der Waals surface area contributed by atoms with Gasteiger partial charge < -0.3 is 24.0 Å². The summed E-state index contributed by atoms with van der Waals surface area (Å²) in [6.07, 6.45) is 4.03. The number of ether oxygens (including phenoxy) is 3. The van der Waals surface area contributed by atoms with Gasteiger partial charge in [0.1, 0.15) is 5.75 Å². The largest absolute Gasteiger partial charge is 0.493 e. The molecule has 198 valence electrons. The van der Waals surface area contributed by atoms with Crippen molar-refractivity contribution in [3.8, 4) is 17.2 Å². The highest BCUT2D eigenvalue weighted by Gasteiger charge is 2.43.